The number of fused-ring (bicyclic) bond motifs is 1. The van der Waals surface area contributed by atoms with E-state index in [2.05, 4.69) is 19.9 Å². The number of aryl methyl sites for hydroxylation is 1. The molecule has 4 rings (SSSR count). The van der Waals surface area contributed by atoms with Crippen molar-refractivity contribution in [1.29, 1.82) is 0 Å². The van der Waals surface area contributed by atoms with Crippen molar-refractivity contribution >= 4 is 26.9 Å². The molecule has 0 radical (unpaired) electrons. The van der Waals surface area contributed by atoms with Crippen LogP contribution in [0.15, 0.2) is 35.2 Å². The molecule has 5 N–H and O–H groups in total. The largest absolute Gasteiger partial charge is 0.417 e. The summed E-state index contributed by atoms with van der Waals surface area (Å²) in [6, 6.07) is 7.38. The summed E-state index contributed by atoms with van der Waals surface area (Å²) in [5.74, 6) is 0.257. The lowest BCUT2D eigenvalue weighted by Gasteiger charge is -2.37. The van der Waals surface area contributed by atoms with Crippen molar-refractivity contribution in [2.75, 3.05) is 5.73 Å². The number of aromatic nitrogens is 3. The molecule has 172 valence electrons. The highest BCUT2D eigenvalue weighted by atomic mass is 32.2. The number of benzene rings is 1. The molecule has 0 aliphatic heterocycles. The number of hydrogen-bond donors (Lipinski definition) is 4. The highest BCUT2D eigenvalue weighted by molar-refractivity contribution is 7.89. The fourth-order valence-electron chi connectivity index (χ4n) is 3.94. The number of H-pyrrole nitrogens is 1. The van der Waals surface area contributed by atoms with Crippen LogP contribution in [-0.4, -0.2) is 46.5 Å². The third-order valence-electron chi connectivity index (χ3n) is 5.88. The Morgan fingerprint density at radius 1 is 1.22 bits per heavy atom. The average molecular weight is 469 g/mol. The number of hydrogen-bond acceptors (Lipinski definition) is 6. The number of sulfonamides is 1. The Balaban J connectivity index is 1.52. The van der Waals surface area contributed by atoms with Gasteiger partial charge < -0.3 is 10.8 Å². The van der Waals surface area contributed by atoms with Crippen molar-refractivity contribution in [2.24, 2.45) is 0 Å². The van der Waals surface area contributed by atoms with E-state index < -0.39 is 40.7 Å². The molecule has 1 aliphatic carbocycles. The van der Waals surface area contributed by atoms with Crippen LogP contribution in [0.25, 0.3) is 22.3 Å². The predicted molar refractivity (Wildman–Crippen MR) is 112 cm³/mol. The van der Waals surface area contributed by atoms with Gasteiger partial charge in [0.05, 0.1) is 16.1 Å². The number of rotatable bonds is 4. The molecule has 0 atom stereocenters. The molecule has 0 spiro atoms. The maximum atomic E-state index is 13.0. The highest BCUT2D eigenvalue weighted by Crippen LogP contribution is 2.41. The van der Waals surface area contributed by atoms with Crippen LogP contribution in [0.2, 0.25) is 0 Å². The van der Waals surface area contributed by atoms with E-state index in [1.54, 1.807) is 25.1 Å². The SMILES string of the molecule is Cc1cc(S(=O)(=O)N[C@H]2CC[C@@](O)(C(F)(F)F)CC2)ccc1-c1ccc2[nH]nc(N)c2n1. The van der Waals surface area contributed by atoms with Gasteiger partial charge in [0, 0.05) is 11.6 Å². The normalized spacial score (nSPS) is 22.3. The lowest BCUT2D eigenvalue weighted by molar-refractivity contribution is -0.270. The molecule has 2 heterocycles. The minimum absolute atomic E-state index is 0.000639. The van der Waals surface area contributed by atoms with E-state index in [9.17, 15) is 26.7 Å². The number of nitrogen functional groups attached to an aromatic ring is 1. The van der Waals surface area contributed by atoms with Crippen LogP contribution in [0, 0.1) is 6.92 Å². The van der Waals surface area contributed by atoms with Gasteiger partial charge >= 0.3 is 6.18 Å². The molecule has 0 unspecified atom stereocenters. The first-order chi connectivity index (χ1) is 14.9. The van der Waals surface area contributed by atoms with Gasteiger partial charge in [0.1, 0.15) is 5.52 Å². The van der Waals surface area contributed by atoms with E-state index in [0.29, 0.717) is 27.9 Å². The summed E-state index contributed by atoms with van der Waals surface area (Å²) < 4.78 is 67.0. The van der Waals surface area contributed by atoms with E-state index in [1.807, 2.05) is 0 Å². The van der Waals surface area contributed by atoms with Crippen LogP contribution in [0.5, 0.6) is 0 Å². The standard InChI is InChI=1S/C20H22F3N5O3S/c1-11-10-13(2-3-14(11)15-4-5-16-17(25-15)18(24)27-26-16)32(30,31)28-12-6-8-19(29,9-7-12)20(21,22)23/h2-5,10,12,28-29H,6-9H2,1H3,(H3,24,26,27)/t12-,19-. The van der Waals surface area contributed by atoms with Crippen molar-refractivity contribution < 1.29 is 26.7 Å². The van der Waals surface area contributed by atoms with Crippen molar-refractivity contribution in [1.82, 2.24) is 19.9 Å². The van der Waals surface area contributed by atoms with Crippen molar-refractivity contribution in [3.8, 4) is 11.3 Å². The third kappa shape index (κ3) is 4.05. The van der Waals surface area contributed by atoms with Crippen LogP contribution in [0.3, 0.4) is 0 Å². The summed E-state index contributed by atoms with van der Waals surface area (Å²) in [5.41, 5.74) is 6.18. The average Bonchev–Trinajstić information content (AvgIpc) is 3.09. The second-order valence-electron chi connectivity index (χ2n) is 8.10. The fourth-order valence-corrected chi connectivity index (χ4v) is 5.33. The number of alkyl halides is 3. The first-order valence-corrected chi connectivity index (χ1v) is 11.4. The minimum atomic E-state index is -4.73. The summed E-state index contributed by atoms with van der Waals surface area (Å²) in [6.07, 6.45) is -6.05. The second-order valence-corrected chi connectivity index (χ2v) is 9.82. The molecule has 1 aromatic carbocycles. The molecule has 1 fully saturated rings. The first kappa shape index (κ1) is 22.5. The van der Waals surface area contributed by atoms with Crippen LogP contribution >= 0.6 is 0 Å². The molecular formula is C20H22F3N5O3S. The van der Waals surface area contributed by atoms with Crippen LogP contribution in [-0.2, 0) is 10.0 Å². The molecule has 8 nitrogen and oxygen atoms in total. The monoisotopic (exact) mass is 469 g/mol. The molecule has 12 heteroatoms. The number of halogens is 3. The van der Waals surface area contributed by atoms with Crippen molar-refractivity contribution in [3.05, 3.63) is 35.9 Å². The molecule has 1 aliphatic rings. The maximum absolute atomic E-state index is 13.0. The van der Waals surface area contributed by atoms with Crippen LogP contribution < -0.4 is 10.5 Å². The van der Waals surface area contributed by atoms with Crippen molar-refractivity contribution in [2.45, 2.75) is 55.3 Å². The molecule has 0 saturated heterocycles. The van der Waals surface area contributed by atoms with Gasteiger partial charge in [0.25, 0.3) is 0 Å². The van der Waals surface area contributed by atoms with Gasteiger partial charge in [-0.2, -0.15) is 18.3 Å². The number of pyridine rings is 1. The quantitative estimate of drug-likeness (QED) is 0.464. The molecule has 0 bridgehead atoms. The van der Waals surface area contributed by atoms with Crippen LogP contribution in [0.1, 0.15) is 31.2 Å². The van der Waals surface area contributed by atoms with E-state index in [1.165, 1.54) is 12.1 Å². The van der Waals surface area contributed by atoms with Gasteiger partial charge in [0.15, 0.2) is 11.4 Å². The number of aromatic amines is 1. The molecule has 2 aromatic heterocycles. The van der Waals surface area contributed by atoms with Gasteiger partial charge in [0.2, 0.25) is 10.0 Å². The minimum Gasteiger partial charge on any atom is -0.380 e. The topological polar surface area (TPSA) is 134 Å². The van der Waals surface area contributed by atoms with Crippen molar-refractivity contribution in [3.63, 3.8) is 0 Å². The number of aliphatic hydroxyl groups is 1. The molecule has 1 saturated carbocycles. The molecule has 3 aromatic rings. The van der Waals surface area contributed by atoms with Gasteiger partial charge in [-0.15, -0.1) is 0 Å². The molecule has 0 amide bonds. The smallest absolute Gasteiger partial charge is 0.380 e. The zero-order valence-corrected chi connectivity index (χ0v) is 17.9. The summed E-state index contributed by atoms with van der Waals surface area (Å²) in [6.45, 7) is 1.74. The summed E-state index contributed by atoms with van der Waals surface area (Å²) >= 11 is 0. The lowest BCUT2D eigenvalue weighted by atomic mass is 9.82. The zero-order chi connectivity index (χ0) is 23.3. The zero-order valence-electron chi connectivity index (χ0n) is 17.1. The summed E-state index contributed by atoms with van der Waals surface area (Å²) in [5, 5.41) is 16.4. The Hall–Kier alpha value is -2.70. The van der Waals surface area contributed by atoms with Crippen LogP contribution in [0.4, 0.5) is 19.0 Å². The summed E-state index contributed by atoms with van der Waals surface area (Å²) in [7, 11) is -3.95. The maximum Gasteiger partial charge on any atom is 0.417 e. The summed E-state index contributed by atoms with van der Waals surface area (Å²) in [4.78, 5) is 4.48. The van der Waals surface area contributed by atoms with E-state index in [0.717, 1.165) is 0 Å². The lowest BCUT2D eigenvalue weighted by Crippen LogP contribution is -2.51. The van der Waals surface area contributed by atoms with Gasteiger partial charge in [-0.25, -0.2) is 18.1 Å². The highest BCUT2D eigenvalue weighted by Gasteiger charge is 2.54. The Bertz CT molecular complexity index is 1270. The Morgan fingerprint density at radius 2 is 1.91 bits per heavy atom. The van der Waals surface area contributed by atoms with Gasteiger partial charge in [-0.05, 0) is 62.4 Å². The third-order valence-corrected chi connectivity index (χ3v) is 7.40. The Kier molecular flexibility index (Phi) is 5.42. The predicted octanol–water partition coefficient (Wildman–Crippen LogP) is 3.03. The first-order valence-electron chi connectivity index (χ1n) is 9.93. The second kappa shape index (κ2) is 7.71. The van der Waals surface area contributed by atoms with E-state index in [4.69, 9.17) is 5.73 Å². The van der Waals surface area contributed by atoms with E-state index >= 15 is 0 Å². The Morgan fingerprint density at radius 3 is 2.53 bits per heavy atom. The molecular weight excluding hydrogens is 447 g/mol. The van der Waals surface area contributed by atoms with E-state index in [-0.39, 0.29) is 23.6 Å². The number of anilines is 1. The molecule has 32 heavy (non-hydrogen) atoms. The number of nitrogens with zero attached hydrogens (tertiary/aromatic N) is 2. The fraction of sp³-hybridized carbons (Fsp3) is 0.400. The van der Waals surface area contributed by atoms with Gasteiger partial charge in [-0.1, -0.05) is 6.07 Å². The number of nitrogens with one attached hydrogen (secondary N) is 2. The number of nitrogens with two attached hydrogens (primary N) is 1. The van der Waals surface area contributed by atoms with Gasteiger partial charge in [-0.3, -0.25) is 5.10 Å². The Labute approximate surface area is 182 Å².